The molecule has 74 valence electrons. The minimum atomic E-state index is 0.101. The van der Waals surface area contributed by atoms with Gasteiger partial charge in [-0.05, 0) is 38.8 Å². The van der Waals surface area contributed by atoms with E-state index in [4.69, 9.17) is 0 Å². The zero-order valence-corrected chi connectivity index (χ0v) is 9.01. The summed E-state index contributed by atoms with van der Waals surface area (Å²) in [5, 5.41) is 0. The quantitative estimate of drug-likeness (QED) is 0.623. The predicted octanol–water partition coefficient (Wildman–Crippen LogP) is 1.67. The molecule has 0 amide bonds. The van der Waals surface area contributed by atoms with E-state index < -0.39 is 0 Å². The molecule has 2 heterocycles. The molecule has 2 rings (SSSR count). The molecule has 0 unspecified atom stereocenters. The van der Waals surface area contributed by atoms with E-state index in [2.05, 4.69) is 4.98 Å². The lowest BCUT2D eigenvalue weighted by Gasteiger charge is -2.06. The average Bonchev–Trinajstić information content (AvgIpc) is 2.42. The number of nitrogens with zero attached hydrogens (tertiary/aromatic N) is 2. The molecule has 0 spiro atoms. The summed E-state index contributed by atoms with van der Waals surface area (Å²) in [4.78, 5) is 16.3. The van der Waals surface area contributed by atoms with Crippen molar-refractivity contribution in [2.24, 2.45) is 0 Å². The molecular formula is C11H14N2O. The highest BCUT2D eigenvalue weighted by molar-refractivity contribution is 5.64. The number of hydrogen-bond acceptors (Lipinski definition) is 2. The van der Waals surface area contributed by atoms with Crippen LogP contribution in [-0.2, 0) is 6.54 Å². The normalized spacial score (nSPS) is 14.9. The molecular weight excluding hydrogens is 176 g/mol. The molecule has 0 radical (unpaired) electrons. The molecule has 1 aromatic heterocycles. The van der Waals surface area contributed by atoms with Crippen molar-refractivity contribution < 1.29 is 0 Å². The molecule has 0 aromatic carbocycles. The highest BCUT2D eigenvalue weighted by atomic mass is 16.1. The number of aromatic nitrogens is 2. The number of hydrogen-bond donors (Lipinski definition) is 0. The fourth-order valence-corrected chi connectivity index (χ4v) is 1.74. The van der Waals surface area contributed by atoms with Crippen LogP contribution in [0, 0.1) is 13.8 Å². The number of rotatable bonds is 0. The molecule has 0 saturated carbocycles. The second-order valence-electron chi connectivity index (χ2n) is 3.94. The molecule has 3 heteroatoms. The van der Waals surface area contributed by atoms with Crippen LogP contribution in [0.1, 0.15) is 30.9 Å². The van der Waals surface area contributed by atoms with Crippen LogP contribution in [0.15, 0.2) is 10.4 Å². The smallest absolute Gasteiger partial charge is 0.257 e. The molecule has 1 aliphatic rings. The lowest BCUT2D eigenvalue weighted by Crippen LogP contribution is -2.25. The van der Waals surface area contributed by atoms with Gasteiger partial charge in [0, 0.05) is 17.8 Å². The Hall–Kier alpha value is -1.38. The Bertz CT molecular complexity index is 495. The van der Waals surface area contributed by atoms with Crippen LogP contribution in [0.4, 0.5) is 0 Å². The van der Waals surface area contributed by atoms with Gasteiger partial charge >= 0.3 is 0 Å². The maximum absolute atomic E-state index is 11.9. The summed E-state index contributed by atoms with van der Waals surface area (Å²) in [7, 11) is 0. The van der Waals surface area contributed by atoms with Crippen molar-refractivity contribution in [1.29, 1.82) is 0 Å². The van der Waals surface area contributed by atoms with Crippen molar-refractivity contribution in [3.05, 3.63) is 33.0 Å². The van der Waals surface area contributed by atoms with Gasteiger partial charge in [0.1, 0.15) is 5.82 Å². The van der Waals surface area contributed by atoms with Gasteiger partial charge in [-0.15, -0.1) is 0 Å². The molecule has 1 aliphatic heterocycles. The van der Waals surface area contributed by atoms with Crippen molar-refractivity contribution in [2.45, 2.75) is 34.2 Å². The Balaban J connectivity index is 2.79. The number of fused-ring (bicyclic) bond motifs is 1. The first-order valence-electron chi connectivity index (χ1n) is 4.77. The summed E-state index contributed by atoms with van der Waals surface area (Å²) < 4.78 is 1.76. The third kappa shape index (κ3) is 1.05. The molecule has 3 nitrogen and oxygen atoms in total. The van der Waals surface area contributed by atoms with E-state index in [1.54, 1.807) is 4.57 Å². The minimum Gasteiger partial charge on any atom is -0.289 e. The topological polar surface area (TPSA) is 34.9 Å². The molecule has 0 bridgehead atoms. The lowest BCUT2D eigenvalue weighted by atomic mass is 10.2. The van der Waals surface area contributed by atoms with Crippen molar-refractivity contribution in [2.75, 3.05) is 0 Å². The highest BCUT2D eigenvalue weighted by Crippen LogP contribution is 2.23. The van der Waals surface area contributed by atoms with Gasteiger partial charge in [0.25, 0.3) is 5.56 Å². The van der Waals surface area contributed by atoms with E-state index in [-0.39, 0.29) is 5.56 Å². The third-order valence-electron chi connectivity index (χ3n) is 3.01. The van der Waals surface area contributed by atoms with E-state index in [0.717, 1.165) is 22.7 Å². The van der Waals surface area contributed by atoms with E-state index >= 15 is 0 Å². The molecule has 0 aliphatic carbocycles. The minimum absolute atomic E-state index is 0.101. The molecule has 0 N–H and O–H groups in total. The van der Waals surface area contributed by atoms with E-state index in [1.807, 2.05) is 27.7 Å². The summed E-state index contributed by atoms with van der Waals surface area (Å²) in [5.74, 6) is 0.843. The van der Waals surface area contributed by atoms with E-state index in [1.165, 1.54) is 5.57 Å². The van der Waals surface area contributed by atoms with Crippen LogP contribution in [0.5, 0.6) is 0 Å². The monoisotopic (exact) mass is 190 g/mol. The standard InChI is InChI=1S/C11H14N2O/c1-6-5-13-10(7(6)2)12-9(4)8(3)11(13)14/h5H2,1-4H3. The SMILES string of the molecule is CC1=C(C)c2nc(C)c(C)c(=O)n2C1. The Morgan fingerprint density at radius 2 is 1.86 bits per heavy atom. The Morgan fingerprint density at radius 1 is 1.21 bits per heavy atom. The molecule has 14 heavy (non-hydrogen) atoms. The summed E-state index contributed by atoms with van der Waals surface area (Å²) >= 11 is 0. The van der Waals surface area contributed by atoms with Gasteiger partial charge < -0.3 is 0 Å². The van der Waals surface area contributed by atoms with Crippen molar-refractivity contribution in [1.82, 2.24) is 9.55 Å². The van der Waals surface area contributed by atoms with Crippen LogP contribution in [0.3, 0.4) is 0 Å². The van der Waals surface area contributed by atoms with Crippen molar-refractivity contribution in [3.63, 3.8) is 0 Å². The average molecular weight is 190 g/mol. The second kappa shape index (κ2) is 2.80. The van der Waals surface area contributed by atoms with Crippen molar-refractivity contribution >= 4 is 5.57 Å². The van der Waals surface area contributed by atoms with Gasteiger partial charge in [-0.3, -0.25) is 9.36 Å². The molecule has 0 atom stereocenters. The summed E-state index contributed by atoms with van der Waals surface area (Å²) in [6, 6.07) is 0. The fraction of sp³-hybridized carbons (Fsp3) is 0.455. The van der Waals surface area contributed by atoms with Gasteiger partial charge in [-0.1, -0.05) is 0 Å². The van der Waals surface area contributed by atoms with Gasteiger partial charge in [0.2, 0.25) is 0 Å². The number of aryl methyl sites for hydroxylation is 1. The van der Waals surface area contributed by atoms with Crippen LogP contribution in [0.25, 0.3) is 5.57 Å². The first kappa shape index (κ1) is 9.19. The number of allylic oxidation sites excluding steroid dienone is 2. The Kier molecular flexibility index (Phi) is 1.84. The zero-order chi connectivity index (χ0) is 10.5. The second-order valence-corrected chi connectivity index (χ2v) is 3.94. The maximum Gasteiger partial charge on any atom is 0.257 e. The summed E-state index contributed by atoms with van der Waals surface area (Å²) in [6.07, 6.45) is 0. The fourth-order valence-electron chi connectivity index (χ4n) is 1.74. The van der Waals surface area contributed by atoms with Gasteiger partial charge in [-0.25, -0.2) is 4.98 Å². The Morgan fingerprint density at radius 3 is 2.50 bits per heavy atom. The van der Waals surface area contributed by atoms with Gasteiger partial charge in [-0.2, -0.15) is 0 Å². The largest absolute Gasteiger partial charge is 0.289 e. The molecule has 0 saturated heterocycles. The lowest BCUT2D eigenvalue weighted by molar-refractivity contribution is 0.729. The molecule has 0 fully saturated rings. The van der Waals surface area contributed by atoms with Gasteiger partial charge in [0.15, 0.2) is 0 Å². The van der Waals surface area contributed by atoms with Crippen LogP contribution < -0.4 is 5.56 Å². The zero-order valence-electron chi connectivity index (χ0n) is 9.01. The van der Waals surface area contributed by atoms with Crippen LogP contribution in [-0.4, -0.2) is 9.55 Å². The van der Waals surface area contributed by atoms with Crippen LogP contribution in [0.2, 0.25) is 0 Å². The summed E-state index contributed by atoms with van der Waals surface area (Å²) in [5.41, 5.74) is 4.08. The molecule has 1 aromatic rings. The predicted molar refractivity (Wildman–Crippen MR) is 56.2 cm³/mol. The van der Waals surface area contributed by atoms with E-state index in [0.29, 0.717) is 6.54 Å². The summed E-state index contributed by atoms with van der Waals surface area (Å²) in [6.45, 7) is 8.50. The highest BCUT2D eigenvalue weighted by Gasteiger charge is 2.19. The van der Waals surface area contributed by atoms with Crippen LogP contribution >= 0.6 is 0 Å². The third-order valence-corrected chi connectivity index (χ3v) is 3.01. The maximum atomic E-state index is 11.9. The van der Waals surface area contributed by atoms with Crippen molar-refractivity contribution in [3.8, 4) is 0 Å². The first-order valence-corrected chi connectivity index (χ1v) is 4.77. The van der Waals surface area contributed by atoms with E-state index in [9.17, 15) is 4.79 Å². The first-order chi connectivity index (χ1) is 6.52. The van der Waals surface area contributed by atoms with Gasteiger partial charge in [0.05, 0.1) is 0 Å². The Labute approximate surface area is 83.1 Å².